The Labute approximate surface area is 269 Å². The molecule has 1 aliphatic rings. The maximum Gasteiger partial charge on any atom is 0.433 e. The highest BCUT2D eigenvalue weighted by Gasteiger charge is 2.51. The summed E-state index contributed by atoms with van der Waals surface area (Å²) in [6.45, 7) is 13.2. The van der Waals surface area contributed by atoms with Gasteiger partial charge in [0.25, 0.3) is 0 Å². The minimum Gasteiger partial charge on any atom is -0.487 e. The van der Waals surface area contributed by atoms with E-state index in [1.54, 1.807) is 12.3 Å². The van der Waals surface area contributed by atoms with Gasteiger partial charge < -0.3 is 18.9 Å². The van der Waals surface area contributed by atoms with E-state index in [0.717, 1.165) is 10.2 Å². The van der Waals surface area contributed by atoms with Crippen LogP contribution < -0.4 is 4.74 Å². The number of methoxy groups -OCH3 is 1. The van der Waals surface area contributed by atoms with Gasteiger partial charge in [0.2, 0.25) is 0 Å². The van der Waals surface area contributed by atoms with Crippen LogP contribution in [0.5, 0.6) is 5.75 Å². The number of aromatic nitrogens is 3. The first kappa shape index (κ1) is 33.3. The number of nitrogens with one attached hydrogen (secondary N) is 1. The van der Waals surface area contributed by atoms with Crippen LogP contribution in [0.1, 0.15) is 63.4 Å². The van der Waals surface area contributed by atoms with Gasteiger partial charge in [0.15, 0.2) is 14.0 Å². The molecule has 0 atom stereocenters. The van der Waals surface area contributed by atoms with Gasteiger partial charge in [0.1, 0.15) is 12.4 Å². The topological polar surface area (TPSA) is 61.3 Å². The van der Waals surface area contributed by atoms with E-state index in [1.165, 1.54) is 13.3 Å². The Morgan fingerprint density at radius 2 is 1.69 bits per heavy atom. The molecule has 5 rings (SSSR count). The second-order valence-electron chi connectivity index (χ2n) is 13.6. The normalized spacial score (nSPS) is 19.0. The van der Waals surface area contributed by atoms with Crippen LogP contribution in [0.4, 0.5) is 13.2 Å². The lowest BCUT2D eigenvalue weighted by molar-refractivity contribution is -0.148. The third-order valence-corrected chi connectivity index (χ3v) is 14.1. The zero-order valence-corrected chi connectivity index (χ0v) is 28.6. The summed E-state index contributed by atoms with van der Waals surface area (Å²) in [6, 6.07) is 14.7. The van der Waals surface area contributed by atoms with Crippen LogP contribution in [-0.2, 0) is 28.6 Å². The summed E-state index contributed by atoms with van der Waals surface area (Å²) in [5.74, 6) is 0.473. The van der Waals surface area contributed by atoms with Gasteiger partial charge in [-0.05, 0) is 49.5 Å². The molecule has 0 radical (unpaired) electrons. The van der Waals surface area contributed by atoms with E-state index in [0.29, 0.717) is 46.9 Å². The largest absolute Gasteiger partial charge is 0.487 e. The number of benzene rings is 2. The van der Waals surface area contributed by atoms with Gasteiger partial charge in [0, 0.05) is 35.6 Å². The van der Waals surface area contributed by atoms with Crippen molar-refractivity contribution in [2.24, 2.45) is 0 Å². The molecule has 2 aromatic carbocycles. The number of alkyl halides is 3. The van der Waals surface area contributed by atoms with Crippen molar-refractivity contribution >= 4 is 19.9 Å². The first-order valence-electron chi connectivity index (χ1n) is 15.0. The van der Waals surface area contributed by atoms with Gasteiger partial charge in [-0.25, -0.2) is 0 Å². The Bertz CT molecular complexity index is 1640. The summed E-state index contributed by atoms with van der Waals surface area (Å²) in [4.78, 5) is 3.09. The summed E-state index contributed by atoms with van der Waals surface area (Å²) >= 11 is 6.83. The molecule has 0 unspecified atom stereocenters. The highest BCUT2D eigenvalue weighted by molar-refractivity contribution is 6.74. The molecular weight excluding hydrogens is 619 g/mol. The summed E-state index contributed by atoms with van der Waals surface area (Å²) in [7, 11) is -0.599. The van der Waals surface area contributed by atoms with Crippen molar-refractivity contribution in [1.82, 2.24) is 14.8 Å². The average molecular weight is 660 g/mol. The minimum absolute atomic E-state index is 0.00337. The van der Waals surface area contributed by atoms with E-state index in [4.69, 9.17) is 25.5 Å². The SMILES string of the molecule is COCc1c(-c2cccc(OCc3ccccc3)c2Cl)c[nH]c1-c1cnn(C2CC(C)(O[Si](C)(C)C(C)(C)C)C2)c1C(F)(F)F. The third kappa shape index (κ3) is 6.75. The molecule has 0 saturated heterocycles. The predicted octanol–water partition coefficient (Wildman–Crippen LogP) is 10.1. The number of aromatic amines is 1. The van der Waals surface area contributed by atoms with E-state index in [2.05, 4.69) is 43.9 Å². The number of hydrogen-bond donors (Lipinski definition) is 1. The Balaban J connectivity index is 1.47. The molecule has 2 heterocycles. The van der Waals surface area contributed by atoms with Crippen LogP contribution in [-0.4, -0.2) is 35.8 Å². The second-order valence-corrected chi connectivity index (χ2v) is 18.7. The van der Waals surface area contributed by atoms with Crippen molar-refractivity contribution in [2.75, 3.05) is 7.11 Å². The van der Waals surface area contributed by atoms with Crippen molar-refractivity contribution < 1.29 is 27.1 Å². The van der Waals surface area contributed by atoms with Gasteiger partial charge in [-0.15, -0.1) is 0 Å². The molecular formula is C34H41ClF3N3O3Si. The number of nitrogens with zero attached hydrogens (tertiary/aromatic N) is 2. The molecule has 0 amide bonds. The highest BCUT2D eigenvalue weighted by atomic mass is 35.5. The number of halogens is 4. The summed E-state index contributed by atoms with van der Waals surface area (Å²) in [5, 5.41) is 4.66. The zero-order chi connectivity index (χ0) is 32.8. The fraction of sp³-hybridized carbons (Fsp3) is 0.441. The average Bonchev–Trinajstić information content (AvgIpc) is 3.55. The monoisotopic (exact) mass is 659 g/mol. The number of ether oxygens (including phenoxy) is 2. The van der Waals surface area contributed by atoms with Crippen LogP contribution in [0, 0.1) is 0 Å². The molecule has 1 N–H and O–H groups in total. The van der Waals surface area contributed by atoms with Crippen LogP contribution in [0.3, 0.4) is 0 Å². The molecule has 4 aromatic rings. The fourth-order valence-electron chi connectivity index (χ4n) is 5.86. The van der Waals surface area contributed by atoms with Crippen molar-refractivity contribution in [1.29, 1.82) is 0 Å². The molecule has 0 spiro atoms. The number of hydrogen-bond acceptors (Lipinski definition) is 4. The van der Waals surface area contributed by atoms with E-state index in [-0.39, 0.29) is 22.9 Å². The standard InChI is InChI=1S/C34H41ClF3N3O3Si/c1-32(2,3)45(6,7)44-33(4)16-23(17-33)41-31(34(36,37)38)26(19-40-41)30-27(21-42-5)25(18-39-30)24-14-11-15-28(29(24)35)43-20-22-12-9-8-10-13-22/h8-15,18-19,23,39H,16-17,20-21H2,1-7H3. The molecule has 0 bridgehead atoms. The molecule has 6 nitrogen and oxygen atoms in total. The van der Waals surface area contributed by atoms with Crippen molar-refractivity contribution in [3.63, 3.8) is 0 Å². The van der Waals surface area contributed by atoms with Crippen molar-refractivity contribution in [3.8, 4) is 28.1 Å². The third-order valence-electron chi connectivity index (χ3n) is 9.09. The van der Waals surface area contributed by atoms with Crippen molar-refractivity contribution in [2.45, 2.75) is 89.7 Å². The second kappa shape index (κ2) is 12.3. The Hall–Kier alpha value is -3.05. The minimum atomic E-state index is -4.64. The lowest BCUT2D eigenvalue weighted by atomic mass is 9.77. The first-order valence-corrected chi connectivity index (χ1v) is 18.3. The van der Waals surface area contributed by atoms with E-state index in [1.807, 2.05) is 49.4 Å². The number of H-pyrrole nitrogens is 1. The van der Waals surface area contributed by atoms with E-state index >= 15 is 0 Å². The van der Waals surface area contributed by atoms with Crippen LogP contribution in [0.15, 0.2) is 60.9 Å². The lowest BCUT2D eigenvalue weighted by Gasteiger charge is -2.52. The summed E-state index contributed by atoms with van der Waals surface area (Å²) < 4.78 is 63.6. The maximum atomic E-state index is 14.8. The molecule has 1 aliphatic carbocycles. The fourth-order valence-corrected chi connectivity index (χ4v) is 7.85. The Morgan fingerprint density at radius 3 is 2.31 bits per heavy atom. The smallest absolute Gasteiger partial charge is 0.433 e. The highest BCUT2D eigenvalue weighted by Crippen LogP contribution is 2.51. The summed E-state index contributed by atoms with van der Waals surface area (Å²) in [6.07, 6.45) is -0.775. The van der Waals surface area contributed by atoms with Crippen LogP contribution in [0.25, 0.3) is 22.4 Å². The molecule has 1 fully saturated rings. The van der Waals surface area contributed by atoms with E-state index in [9.17, 15) is 13.2 Å². The molecule has 45 heavy (non-hydrogen) atoms. The van der Waals surface area contributed by atoms with E-state index < -0.39 is 31.8 Å². The maximum absolute atomic E-state index is 14.8. The van der Waals surface area contributed by atoms with Crippen LogP contribution in [0.2, 0.25) is 23.2 Å². The molecule has 11 heteroatoms. The predicted molar refractivity (Wildman–Crippen MR) is 174 cm³/mol. The molecule has 0 aliphatic heterocycles. The van der Waals surface area contributed by atoms with Gasteiger partial charge in [-0.2, -0.15) is 18.3 Å². The first-order chi connectivity index (χ1) is 21.0. The Kier molecular flexibility index (Phi) is 9.09. The van der Waals surface area contributed by atoms with Gasteiger partial charge >= 0.3 is 6.18 Å². The quantitative estimate of drug-likeness (QED) is 0.172. The van der Waals surface area contributed by atoms with Gasteiger partial charge in [-0.1, -0.05) is 74.8 Å². The number of rotatable bonds is 10. The summed E-state index contributed by atoms with van der Waals surface area (Å²) in [5.41, 5.74) is 1.75. The molecule has 1 saturated carbocycles. The van der Waals surface area contributed by atoms with Gasteiger partial charge in [-0.3, -0.25) is 4.68 Å². The molecule has 242 valence electrons. The lowest BCUT2D eigenvalue weighted by Crippen LogP contribution is -2.54. The van der Waals surface area contributed by atoms with Crippen molar-refractivity contribution in [3.05, 3.63) is 82.8 Å². The molecule has 2 aromatic heterocycles. The van der Waals surface area contributed by atoms with Crippen LogP contribution >= 0.6 is 11.6 Å². The zero-order valence-electron chi connectivity index (χ0n) is 26.8. The Morgan fingerprint density at radius 1 is 1.00 bits per heavy atom. The van der Waals surface area contributed by atoms with Gasteiger partial charge in [0.05, 0.1) is 35.2 Å².